The molecule has 0 unspecified atom stereocenters. The van der Waals surface area contributed by atoms with Crippen molar-refractivity contribution in [3.8, 4) is 0 Å². The maximum absolute atomic E-state index is 12.3. The molecule has 2 aromatic rings. The van der Waals surface area contributed by atoms with Crippen molar-refractivity contribution >= 4 is 17.5 Å². The zero-order valence-corrected chi connectivity index (χ0v) is 13.3. The van der Waals surface area contributed by atoms with Gasteiger partial charge in [-0.3, -0.25) is 14.4 Å². The van der Waals surface area contributed by atoms with E-state index >= 15 is 0 Å². The van der Waals surface area contributed by atoms with Gasteiger partial charge in [-0.2, -0.15) is 0 Å². The van der Waals surface area contributed by atoms with Crippen molar-refractivity contribution in [3.63, 3.8) is 0 Å². The van der Waals surface area contributed by atoms with Gasteiger partial charge >= 0.3 is 0 Å². The second-order valence-electron chi connectivity index (χ2n) is 6.06. The summed E-state index contributed by atoms with van der Waals surface area (Å²) in [5.74, 6) is -1.24. The molecular weight excluding hydrogens is 302 g/mol. The summed E-state index contributed by atoms with van der Waals surface area (Å²) in [5.41, 5.74) is 1.16. The minimum atomic E-state index is -0.566. The van der Waals surface area contributed by atoms with Crippen molar-refractivity contribution in [2.45, 2.75) is 31.7 Å². The summed E-state index contributed by atoms with van der Waals surface area (Å²) in [4.78, 5) is 36.6. The smallest absolute Gasteiger partial charge is 0.251 e. The van der Waals surface area contributed by atoms with Crippen LogP contribution in [0.1, 0.15) is 56.8 Å². The van der Waals surface area contributed by atoms with Crippen LogP contribution < -0.4 is 5.32 Å². The van der Waals surface area contributed by atoms with Crippen LogP contribution in [0.25, 0.3) is 0 Å². The Bertz CT molecular complexity index is 744. The van der Waals surface area contributed by atoms with Crippen molar-refractivity contribution < 1.29 is 14.4 Å². The van der Waals surface area contributed by atoms with Gasteiger partial charge in [0.1, 0.15) is 0 Å². The van der Waals surface area contributed by atoms with Crippen molar-refractivity contribution in [1.29, 1.82) is 0 Å². The highest BCUT2D eigenvalue weighted by Crippen LogP contribution is 2.18. The van der Waals surface area contributed by atoms with E-state index in [4.69, 9.17) is 0 Å². The Morgan fingerprint density at radius 3 is 1.79 bits per heavy atom. The summed E-state index contributed by atoms with van der Waals surface area (Å²) in [6.07, 6.45) is 4.35. The zero-order valence-electron chi connectivity index (χ0n) is 13.3. The van der Waals surface area contributed by atoms with Crippen LogP contribution in [0, 0.1) is 0 Å². The molecule has 1 aliphatic carbocycles. The molecule has 3 rings (SSSR count). The first-order valence-corrected chi connectivity index (χ1v) is 8.20. The molecule has 1 N–H and O–H groups in total. The van der Waals surface area contributed by atoms with Crippen LogP contribution >= 0.6 is 0 Å². The Morgan fingerprint density at radius 2 is 1.21 bits per heavy atom. The van der Waals surface area contributed by atoms with Gasteiger partial charge < -0.3 is 5.32 Å². The Morgan fingerprint density at radius 1 is 0.708 bits per heavy atom. The van der Waals surface area contributed by atoms with Crippen LogP contribution in [0.3, 0.4) is 0 Å². The predicted octanol–water partition coefficient (Wildman–Crippen LogP) is 3.42. The molecular formula is C20H19NO3. The number of amides is 1. The number of ketones is 2. The molecule has 0 saturated heterocycles. The molecule has 1 saturated carbocycles. The average Bonchev–Trinajstić information content (AvgIpc) is 3.14. The third kappa shape index (κ3) is 3.59. The molecule has 0 heterocycles. The summed E-state index contributed by atoms with van der Waals surface area (Å²) in [5, 5.41) is 3.00. The van der Waals surface area contributed by atoms with Crippen molar-refractivity contribution in [2.24, 2.45) is 0 Å². The van der Waals surface area contributed by atoms with E-state index in [9.17, 15) is 14.4 Å². The van der Waals surface area contributed by atoms with Crippen LogP contribution in [0.5, 0.6) is 0 Å². The third-order valence-corrected chi connectivity index (χ3v) is 4.34. The minimum Gasteiger partial charge on any atom is -0.349 e. The van der Waals surface area contributed by atoms with Crippen LogP contribution in [0.15, 0.2) is 54.6 Å². The van der Waals surface area contributed by atoms with Gasteiger partial charge in [0.05, 0.1) is 0 Å². The Hall–Kier alpha value is -2.75. The molecule has 1 amide bonds. The van der Waals surface area contributed by atoms with Crippen LogP contribution in [0.4, 0.5) is 0 Å². The van der Waals surface area contributed by atoms with E-state index in [0.29, 0.717) is 16.7 Å². The fourth-order valence-electron chi connectivity index (χ4n) is 2.96. The lowest BCUT2D eigenvalue weighted by molar-refractivity contribution is 0.0817. The monoisotopic (exact) mass is 321 g/mol. The fraction of sp³-hybridized carbons (Fsp3) is 0.250. The fourth-order valence-corrected chi connectivity index (χ4v) is 2.96. The molecule has 0 aromatic heterocycles. The molecule has 4 nitrogen and oxygen atoms in total. The van der Waals surface area contributed by atoms with Gasteiger partial charge in [0.2, 0.25) is 11.6 Å². The van der Waals surface area contributed by atoms with Crippen LogP contribution in [-0.4, -0.2) is 23.5 Å². The molecule has 0 atom stereocenters. The Labute approximate surface area is 140 Å². The van der Waals surface area contributed by atoms with E-state index < -0.39 is 11.6 Å². The van der Waals surface area contributed by atoms with E-state index in [1.54, 1.807) is 42.5 Å². The van der Waals surface area contributed by atoms with E-state index in [0.717, 1.165) is 25.7 Å². The maximum atomic E-state index is 12.3. The summed E-state index contributed by atoms with van der Waals surface area (Å²) < 4.78 is 0. The highest BCUT2D eigenvalue weighted by molar-refractivity contribution is 6.49. The first-order chi connectivity index (χ1) is 11.6. The van der Waals surface area contributed by atoms with E-state index in [-0.39, 0.29) is 11.9 Å². The maximum Gasteiger partial charge on any atom is 0.251 e. The molecule has 0 aliphatic heterocycles. The van der Waals surface area contributed by atoms with Gasteiger partial charge in [-0.05, 0) is 25.0 Å². The Kier molecular flexibility index (Phi) is 4.85. The number of carbonyl (C=O) groups is 3. The quantitative estimate of drug-likeness (QED) is 0.678. The normalized spacial score (nSPS) is 14.3. The standard InChI is InChI=1S/C20H19NO3/c22-18(14-6-2-1-3-7-14)19(23)15-10-12-16(13-11-15)20(24)21-17-8-4-5-9-17/h1-3,6-7,10-13,17H,4-5,8-9H2,(H,21,24). The van der Waals surface area contributed by atoms with Gasteiger partial charge in [0.15, 0.2) is 0 Å². The van der Waals surface area contributed by atoms with Crippen molar-refractivity contribution in [2.75, 3.05) is 0 Å². The third-order valence-electron chi connectivity index (χ3n) is 4.34. The zero-order chi connectivity index (χ0) is 16.9. The summed E-state index contributed by atoms with van der Waals surface area (Å²) in [6.45, 7) is 0. The number of carbonyl (C=O) groups excluding carboxylic acids is 3. The first-order valence-electron chi connectivity index (χ1n) is 8.20. The largest absolute Gasteiger partial charge is 0.349 e. The number of hydrogen-bond acceptors (Lipinski definition) is 3. The first kappa shape index (κ1) is 16.1. The number of rotatable bonds is 5. The minimum absolute atomic E-state index is 0.129. The van der Waals surface area contributed by atoms with Gasteiger partial charge in [-0.1, -0.05) is 55.3 Å². The number of nitrogens with one attached hydrogen (secondary N) is 1. The SMILES string of the molecule is O=C(NC1CCCC1)c1ccc(C(=O)C(=O)c2ccccc2)cc1. The molecule has 24 heavy (non-hydrogen) atoms. The van der Waals surface area contributed by atoms with Crippen molar-refractivity contribution in [3.05, 3.63) is 71.3 Å². The average molecular weight is 321 g/mol. The molecule has 4 heteroatoms. The summed E-state index contributed by atoms with van der Waals surface area (Å²) in [7, 11) is 0. The van der Waals surface area contributed by atoms with Gasteiger partial charge in [-0.25, -0.2) is 0 Å². The van der Waals surface area contributed by atoms with Crippen LogP contribution in [-0.2, 0) is 0 Å². The summed E-state index contributed by atoms with van der Waals surface area (Å²) >= 11 is 0. The molecule has 1 fully saturated rings. The lowest BCUT2D eigenvalue weighted by atomic mass is 10.0. The Balaban J connectivity index is 1.68. The molecule has 122 valence electrons. The van der Waals surface area contributed by atoms with Crippen molar-refractivity contribution in [1.82, 2.24) is 5.32 Å². The molecule has 2 aromatic carbocycles. The number of Topliss-reactive ketones (excluding diaryl/α,β-unsaturated/α-hetero) is 2. The van der Waals surface area contributed by atoms with Gasteiger partial charge in [0.25, 0.3) is 5.91 Å². The highest BCUT2D eigenvalue weighted by atomic mass is 16.2. The highest BCUT2D eigenvalue weighted by Gasteiger charge is 2.20. The van der Waals surface area contributed by atoms with E-state index in [1.807, 2.05) is 0 Å². The van der Waals surface area contributed by atoms with Crippen LogP contribution in [0.2, 0.25) is 0 Å². The van der Waals surface area contributed by atoms with E-state index in [1.165, 1.54) is 12.1 Å². The predicted molar refractivity (Wildman–Crippen MR) is 91.3 cm³/mol. The lowest BCUT2D eigenvalue weighted by Crippen LogP contribution is -2.32. The summed E-state index contributed by atoms with van der Waals surface area (Å²) in [6, 6.07) is 15.0. The lowest BCUT2D eigenvalue weighted by Gasteiger charge is -2.11. The molecule has 0 bridgehead atoms. The second kappa shape index (κ2) is 7.21. The van der Waals surface area contributed by atoms with E-state index in [2.05, 4.69) is 5.32 Å². The second-order valence-corrected chi connectivity index (χ2v) is 6.06. The molecule has 1 aliphatic rings. The number of benzene rings is 2. The topological polar surface area (TPSA) is 63.2 Å². The molecule has 0 radical (unpaired) electrons. The van der Waals surface area contributed by atoms with Gasteiger partial charge in [-0.15, -0.1) is 0 Å². The number of hydrogen-bond donors (Lipinski definition) is 1. The van der Waals surface area contributed by atoms with Gasteiger partial charge in [0, 0.05) is 22.7 Å². The molecule has 0 spiro atoms.